The van der Waals surface area contributed by atoms with Crippen LogP contribution in [0.25, 0.3) is 11.1 Å². The van der Waals surface area contributed by atoms with Crippen molar-refractivity contribution in [3.8, 4) is 5.75 Å². The first kappa shape index (κ1) is 21.1. The van der Waals surface area contributed by atoms with Gasteiger partial charge in [-0.3, -0.25) is 9.78 Å². The van der Waals surface area contributed by atoms with Crippen molar-refractivity contribution >= 4 is 27.0 Å². The van der Waals surface area contributed by atoms with Crippen LogP contribution in [0.5, 0.6) is 5.75 Å². The maximum Gasteiger partial charge on any atom is 0.417 e. The number of benzene rings is 2. The molecular formula is C21H23N3O6S. The van der Waals surface area contributed by atoms with Crippen molar-refractivity contribution in [2.45, 2.75) is 24.3 Å². The minimum Gasteiger partial charge on any atom is -0.497 e. The molecule has 164 valence electrons. The normalized spacial score (nSPS) is 17.5. The van der Waals surface area contributed by atoms with Gasteiger partial charge in [0, 0.05) is 25.7 Å². The van der Waals surface area contributed by atoms with Crippen molar-refractivity contribution in [3.05, 3.63) is 58.6 Å². The molecule has 1 atom stereocenters. The quantitative estimate of drug-likeness (QED) is 0.597. The summed E-state index contributed by atoms with van der Waals surface area (Å²) in [5, 5.41) is 2.89. The van der Waals surface area contributed by atoms with Crippen molar-refractivity contribution in [2.24, 2.45) is 5.92 Å². The smallest absolute Gasteiger partial charge is 0.417 e. The molecule has 0 spiro atoms. The number of nitrogens with zero attached hydrogens (tertiary/aromatic N) is 1. The van der Waals surface area contributed by atoms with Crippen LogP contribution in [0.3, 0.4) is 0 Å². The van der Waals surface area contributed by atoms with Gasteiger partial charge in [0.15, 0.2) is 5.58 Å². The first-order chi connectivity index (χ1) is 14.9. The Hall–Kier alpha value is -3.11. The fourth-order valence-corrected chi connectivity index (χ4v) is 5.23. The molecule has 1 saturated heterocycles. The van der Waals surface area contributed by atoms with Crippen LogP contribution in [0.2, 0.25) is 0 Å². The Labute approximate surface area is 179 Å². The summed E-state index contributed by atoms with van der Waals surface area (Å²) in [5.74, 6) is -0.519. The Morgan fingerprint density at radius 2 is 2.03 bits per heavy atom. The van der Waals surface area contributed by atoms with Crippen molar-refractivity contribution in [1.29, 1.82) is 0 Å². The lowest BCUT2D eigenvalue weighted by Gasteiger charge is -2.31. The molecule has 2 N–H and O–H groups in total. The highest BCUT2D eigenvalue weighted by atomic mass is 32.2. The number of amides is 1. The summed E-state index contributed by atoms with van der Waals surface area (Å²) < 4.78 is 37.6. The van der Waals surface area contributed by atoms with E-state index in [0.29, 0.717) is 31.4 Å². The minimum atomic E-state index is -3.82. The summed E-state index contributed by atoms with van der Waals surface area (Å²) in [5.41, 5.74) is 1.53. The van der Waals surface area contributed by atoms with Crippen LogP contribution in [0.4, 0.5) is 0 Å². The van der Waals surface area contributed by atoms with E-state index in [1.807, 2.05) is 24.3 Å². The van der Waals surface area contributed by atoms with Gasteiger partial charge in [-0.05, 0) is 42.7 Å². The molecule has 1 amide bonds. The van der Waals surface area contributed by atoms with Gasteiger partial charge < -0.3 is 14.5 Å². The number of aromatic amines is 1. The van der Waals surface area contributed by atoms with Gasteiger partial charge >= 0.3 is 5.76 Å². The van der Waals surface area contributed by atoms with E-state index in [1.165, 1.54) is 22.5 Å². The third-order valence-electron chi connectivity index (χ3n) is 5.41. The molecule has 1 aromatic heterocycles. The third kappa shape index (κ3) is 4.49. The highest BCUT2D eigenvalue weighted by Gasteiger charge is 2.33. The predicted molar refractivity (Wildman–Crippen MR) is 113 cm³/mol. The second-order valence-corrected chi connectivity index (χ2v) is 9.38. The SMILES string of the molecule is COc1ccc(CNC(=O)[C@@H]2CCCN(S(=O)(=O)c3ccc4[nH]c(=O)oc4c3)C2)cc1. The Morgan fingerprint density at radius 3 is 2.77 bits per heavy atom. The topological polar surface area (TPSA) is 122 Å². The number of fused-ring (bicyclic) bond motifs is 1. The number of piperidine rings is 1. The van der Waals surface area contributed by atoms with Gasteiger partial charge in [0.05, 0.1) is 23.4 Å². The van der Waals surface area contributed by atoms with Crippen molar-refractivity contribution in [2.75, 3.05) is 20.2 Å². The maximum atomic E-state index is 13.1. The number of rotatable bonds is 6. The largest absolute Gasteiger partial charge is 0.497 e. The fourth-order valence-electron chi connectivity index (χ4n) is 3.69. The molecule has 4 rings (SSSR count). The second-order valence-electron chi connectivity index (χ2n) is 7.44. The predicted octanol–water partition coefficient (Wildman–Crippen LogP) is 1.85. The molecule has 31 heavy (non-hydrogen) atoms. The van der Waals surface area contributed by atoms with Crippen LogP contribution in [0.15, 0.2) is 56.6 Å². The number of hydrogen-bond acceptors (Lipinski definition) is 6. The van der Waals surface area contributed by atoms with Crippen LogP contribution in [0, 0.1) is 5.92 Å². The first-order valence-electron chi connectivity index (χ1n) is 9.90. The number of aromatic nitrogens is 1. The van der Waals surface area contributed by atoms with Crippen LogP contribution in [0.1, 0.15) is 18.4 Å². The number of carbonyl (C=O) groups is 1. The number of oxazole rings is 1. The second kappa shape index (κ2) is 8.56. The van der Waals surface area contributed by atoms with Gasteiger partial charge in [0.1, 0.15) is 5.75 Å². The number of H-pyrrole nitrogens is 1. The zero-order chi connectivity index (χ0) is 22.0. The number of hydrogen-bond donors (Lipinski definition) is 2. The van der Waals surface area contributed by atoms with Gasteiger partial charge in [-0.15, -0.1) is 0 Å². The summed E-state index contributed by atoms with van der Waals surface area (Å²) in [6.45, 7) is 0.793. The molecule has 0 unspecified atom stereocenters. The highest BCUT2D eigenvalue weighted by Crippen LogP contribution is 2.26. The molecule has 0 bridgehead atoms. The number of ether oxygens (including phenoxy) is 1. The van der Waals surface area contributed by atoms with Gasteiger partial charge in [-0.25, -0.2) is 13.2 Å². The zero-order valence-electron chi connectivity index (χ0n) is 17.0. The molecule has 0 saturated carbocycles. The summed E-state index contributed by atoms with van der Waals surface area (Å²) in [4.78, 5) is 26.5. The molecule has 0 radical (unpaired) electrons. The first-order valence-corrected chi connectivity index (χ1v) is 11.3. The van der Waals surface area contributed by atoms with Gasteiger partial charge in [0.25, 0.3) is 0 Å². The lowest BCUT2D eigenvalue weighted by atomic mass is 9.99. The van der Waals surface area contributed by atoms with E-state index < -0.39 is 21.7 Å². The average molecular weight is 445 g/mol. The monoisotopic (exact) mass is 445 g/mol. The summed E-state index contributed by atoms with van der Waals surface area (Å²) in [7, 11) is -2.23. The van der Waals surface area contributed by atoms with Crippen LogP contribution >= 0.6 is 0 Å². The summed E-state index contributed by atoms with van der Waals surface area (Å²) in [6.07, 6.45) is 1.20. The number of methoxy groups -OCH3 is 1. The summed E-state index contributed by atoms with van der Waals surface area (Å²) >= 11 is 0. The standard InChI is InChI=1S/C21H23N3O6S/c1-29-16-6-4-14(5-7-16)12-22-20(25)15-3-2-10-24(13-15)31(27,28)17-8-9-18-19(11-17)30-21(26)23-18/h4-9,11,15H,2-3,10,12-13H2,1H3,(H,22,25)(H,23,26)/t15-/m1/s1. The van der Waals surface area contributed by atoms with Gasteiger partial charge in [-0.2, -0.15) is 4.31 Å². The fraction of sp³-hybridized carbons (Fsp3) is 0.333. The van der Waals surface area contributed by atoms with Gasteiger partial charge in [0.2, 0.25) is 15.9 Å². The van der Waals surface area contributed by atoms with E-state index in [1.54, 1.807) is 7.11 Å². The highest BCUT2D eigenvalue weighted by molar-refractivity contribution is 7.89. The molecule has 2 heterocycles. The molecule has 3 aromatic rings. The summed E-state index contributed by atoms with van der Waals surface area (Å²) in [6, 6.07) is 11.6. The van der Waals surface area contributed by atoms with E-state index in [-0.39, 0.29) is 22.9 Å². The number of sulfonamides is 1. The molecule has 1 fully saturated rings. The maximum absolute atomic E-state index is 13.1. The molecule has 1 aliphatic heterocycles. The lowest BCUT2D eigenvalue weighted by Crippen LogP contribution is -2.45. The molecular weight excluding hydrogens is 422 g/mol. The molecule has 0 aliphatic carbocycles. The Morgan fingerprint density at radius 1 is 1.26 bits per heavy atom. The minimum absolute atomic E-state index is 0.0297. The Balaban J connectivity index is 1.43. The third-order valence-corrected chi connectivity index (χ3v) is 7.27. The number of nitrogens with one attached hydrogen (secondary N) is 2. The molecule has 10 heteroatoms. The van der Waals surface area contributed by atoms with Crippen molar-refractivity contribution in [3.63, 3.8) is 0 Å². The molecule has 2 aromatic carbocycles. The van der Waals surface area contributed by atoms with E-state index in [9.17, 15) is 18.0 Å². The molecule has 1 aliphatic rings. The Bertz CT molecular complexity index is 1250. The number of carbonyl (C=O) groups excluding carboxylic acids is 1. The van der Waals surface area contributed by atoms with Crippen molar-refractivity contribution < 1.29 is 22.4 Å². The molecule has 9 nitrogen and oxygen atoms in total. The van der Waals surface area contributed by atoms with Gasteiger partial charge in [-0.1, -0.05) is 12.1 Å². The van der Waals surface area contributed by atoms with E-state index in [0.717, 1.165) is 11.3 Å². The van der Waals surface area contributed by atoms with Crippen LogP contribution in [-0.2, 0) is 21.4 Å². The zero-order valence-corrected chi connectivity index (χ0v) is 17.8. The van der Waals surface area contributed by atoms with E-state index in [2.05, 4.69) is 10.3 Å². The van der Waals surface area contributed by atoms with E-state index in [4.69, 9.17) is 9.15 Å². The Kier molecular flexibility index (Phi) is 5.84. The average Bonchev–Trinajstić information content (AvgIpc) is 3.17. The van der Waals surface area contributed by atoms with Crippen molar-refractivity contribution in [1.82, 2.24) is 14.6 Å². The van der Waals surface area contributed by atoms with E-state index >= 15 is 0 Å². The van der Waals surface area contributed by atoms with Crippen LogP contribution in [-0.4, -0.2) is 43.8 Å². The van der Waals surface area contributed by atoms with Crippen LogP contribution < -0.4 is 15.8 Å². The lowest BCUT2D eigenvalue weighted by molar-refractivity contribution is -0.126.